The van der Waals surface area contributed by atoms with Gasteiger partial charge in [0.15, 0.2) is 0 Å². The highest BCUT2D eigenvalue weighted by Crippen LogP contribution is 2.19. The summed E-state index contributed by atoms with van der Waals surface area (Å²) >= 11 is 1.24. The zero-order valence-electron chi connectivity index (χ0n) is 10.4. The molecular weight excluding hydrogens is 286 g/mol. The number of carbonyl (C=O) groups excluding carboxylic acids is 2. The van der Waals surface area contributed by atoms with Crippen LogP contribution in [0, 0.1) is 0 Å². The van der Waals surface area contributed by atoms with Crippen LogP contribution in [0.15, 0.2) is 11.4 Å². The molecule has 0 aromatic carbocycles. The van der Waals surface area contributed by atoms with Crippen molar-refractivity contribution in [3.63, 3.8) is 0 Å². The van der Waals surface area contributed by atoms with Gasteiger partial charge in [0.1, 0.15) is 0 Å². The summed E-state index contributed by atoms with van der Waals surface area (Å²) in [5.74, 6) is -0.637. The smallest absolute Gasteiger partial charge is 0.261 e. The normalized spacial score (nSPS) is 22.4. The van der Waals surface area contributed by atoms with Crippen LogP contribution in [0.1, 0.15) is 45.7 Å². The van der Waals surface area contributed by atoms with E-state index in [1.54, 1.807) is 5.38 Å². The SMILES string of the molecule is Cl.NC(=O)c1csc(C(=O)NC2CCC(N)CC2)c1. The molecule has 0 aliphatic heterocycles. The number of amides is 2. The molecule has 1 heterocycles. The topological polar surface area (TPSA) is 98.2 Å². The lowest BCUT2D eigenvalue weighted by molar-refractivity contribution is 0.0930. The van der Waals surface area contributed by atoms with E-state index in [9.17, 15) is 9.59 Å². The van der Waals surface area contributed by atoms with Gasteiger partial charge in [-0.25, -0.2) is 0 Å². The van der Waals surface area contributed by atoms with Crippen LogP contribution >= 0.6 is 23.7 Å². The summed E-state index contributed by atoms with van der Waals surface area (Å²) < 4.78 is 0. The van der Waals surface area contributed by atoms with Gasteiger partial charge in [-0.2, -0.15) is 0 Å². The first-order valence-electron chi connectivity index (χ1n) is 6.01. The van der Waals surface area contributed by atoms with E-state index in [0.29, 0.717) is 10.4 Å². The molecule has 0 radical (unpaired) electrons. The van der Waals surface area contributed by atoms with Gasteiger partial charge in [0.05, 0.1) is 10.4 Å². The third-order valence-electron chi connectivity index (χ3n) is 3.21. The summed E-state index contributed by atoms with van der Waals surface area (Å²) in [5, 5.41) is 4.58. The molecule has 0 bridgehead atoms. The molecule has 0 unspecified atom stereocenters. The Morgan fingerprint density at radius 2 is 1.89 bits per heavy atom. The van der Waals surface area contributed by atoms with Crippen molar-refractivity contribution < 1.29 is 9.59 Å². The standard InChI is InChI=1S/C12H17N3O2S.ClH/c13-8-1-3-9(4-2-8)15-12(17)10-5-7(6-18-10)11(14)16;/h5-6,8-9H,1-4,13H2,(H2,14,16)(H,15,17);1H. The van der Waals surface area contributed by atoms with E-state index in [2.05, 4.69) is 5.32 Å². The summed E-state index contributed by atoms with van der Waals surface area (Å²) in [6, 6.07) is 1.99. The molecule has 0 atom stereocenters. The number of nitrogens with one attached hydrogen (secondary N) is 1. The van der Waals surface area contributed by atoms with E-state index < -0.39 is 5.91 Å². The molecular formula is C12H18ClN3O2S. The molecule has 0 saturated heterocycles. The van der Waals surface area contributed by atoms with Crippen molar-refractivity contribution in [2.45, 2.75) is 37.8 Å². The Balaban J connectivity index is 0.00000180. The van der Waals surface area contributed by atoms with Gasteiger partial charge in [0.25, 0.3) is 5.91 Å². The van der Waals surface area contributed by atoms with Gasteiger partial charge < -0.3 is 16.8 Å². The molecule has 1 fully saturated rings. The van der Waals surface area contributed by atoms with Crippen LogP contribution in [0.25, 0.3) is 0 Å². The van der Waals surface area contributed by atoms with Gasteiger partial charge in [0.2, 0.25) is 5.91 Å². The number of carbonyl (C=O) groups is 2. The summed E-state index contributed by atoms with van der Waals surface area (Å²) in [5.41, 5.74) is 11.3. The van der Waals surface area contributed by atoms with E-state index in [0.717, 1.165) is 25.7 Å². The number of primary amides is 1. The average Bonchev–Trinajstić information content (AvgIpc) is 2.81. The summed E-state index contributed by atoms with van der Waals surface area (Å²) in [6.07, 6.45) is 3.73. The van der Waals surface area contributed by atoms with E-state index in [-0.39, 0.29) is 30.4 Å². The molecule has 5 nitrogen and oxygen atoms in total. The minimum atomic E-state index is -0.506. The Hall–Kier alpha value is -1.11. The zero-order valence-corrected chi connectivity index (χ0v) is 12.1. The molecule has 7 heteroatoms. The van der Waals surface area contributed by atoms with E-state index in [4.69, 9.17) is 11.5 Å². The highest BCUT2D eigenvalue weighted by atomic mass is 35.5. The van der Waals surface area contributed by atoms with Crippen LogP contribution < -0.4 is 16.8 Å². The first-order valence-corrected chi connectivity index (χ1v) is 6.89. The monoisotopic (exact) mass is 303 g/mol. The van der Waals surface area contributed by atoms with Gasteiger partial charge in [0, 0.05) is 17.5 Å². The Labute approximate surface area is 122 Å². The molecule has 2 rings (SSSR count). The second kappa shape index (κ2) is 6.88. The molecule has 1 aromatic heterocycles. The van der Waals surface area contributed by atoms with Crippen molar-refractivity contribution in [1.29, 1.82) is 0 Å². The quantitative estimate of drug-likeness (QED) is 0.784. The number of thiophene rings is 1. The maximum Gasteiger partial charge on any atom is 0.261 e. The molecule has 0 spiro atoms. The van der Waals surface area contributed by atoms with Crippen LogP contribution in [0.5, 0.6) is 0 Å². The summed E-state index contributed by atoms with van der Waals surface area (Å²) in [4.78, 5) is 23.4. The lowest BCUT2D eigenvalue weighted by atomic mass is 9.92. The fourth-order valence-electron chi connectivity index (χ4n) is 2.10. The van der Waals surface area contributed by atoms with E-state index in [1.807, 2.05) is 0 Å². The Bertz CT molecular complexity index is 456. The van der Waals surface area contributed by atoms with Crippen molar-refractivity contribution in [3.05, 3.63) is 21.9 Å². The van der Waals surface area contributed by atoms with Gasteiger partial charge in [-0.1, -0.05) is 0 Å². The van der Waals surface area contributed by atoms with Crippen LogP contribution in [0.2, 0.25) is 0 Å². The molecule has 5 N–H and O–H groups in total. The second-order valence-corrected chi connectivity index (χ2v) is 5.56. The molecule has 1 saturated carbocycles. The molecule has 1 aromatic rings. The minimum absolute atomic E-state index is 0. The Kier molecular flexibility index (Phi) is 5.78. The molecule has 1 aliphatic rings. The van der Waals surface area contributed by atoms with Gasteiger partial charge in [-0.15, -0.1) is 23.7 Å². The van der Waals surface area contributed by atoms with Crippen LogP contribution in [0.3, 0.4) is 0 Å². The predicted octanol–water partition coefficient (Wildman–Crippen LogP) is 1.27. The van der Waals surface area contributed by atoms with Gasteiger partial charge in [-0.05, 0) is 31.7 Å². The van der Waals surface area contributed by atoms with Gasteiger partial charge >= 0.3 is 0 Å². The number of hydrogen-bond acceptors (Lipinski definition) is 4. The van der Waals surface area contributed by atoms with Crippen molar-refractivity contribution in [2.75, 3.05) is 0 Å². The maximum absolute atomic E-state index is 11.9. The largest absolute Gasteiger partial charge is 0.366 e. The fourth-order valence-corrected chi connectivity index (χ4v) is 2.90. The third-order valence-corrected chi connectivity index (χ3v) is 4.14. The van der Waals surface area contributed by atoms with E-state index >= 15 is 0 Å². The minimum Gasteiger partial charge on any atom is -0.366 e. The van der Waals surface area contributed by atoms with E-state index in [1.165, 1.54) is 17.4 Å². The maximum atomic E-state index is 11.9. The van der Waals surface area contributed by atoms with Crippen molar-refractivity contribution in [3.8, 4) is 0 Å². The zero-order chi connectivity index (χ0) is 13.1. The van der Waals surface area contributed by atoms with Crippen LogP contribution in [-0.4, -0.2) is 23.9 Å². The highest BCUT2D eigenvalue weighted by molar-refractivity contribution is 7.12. The van der Waals surface area contributed by atoms with Crippen molar-refractivity contribution >= 4 is 35.6 Å². The molecule has 19 heavy (non-hydrogen) atoms. The summed E-state index contributed by atoms with van der Waals surface area (Å²) in [6.45, 7) is 0. The number of rotatable bonds is 3. The molecule has 2 amide bonds. The predicted molar refractivity (Wildman–Crippen MR) is 77.8 cm³/mol. The van der Waals surface area contributed by atoms with Crippen LogP contribution in [-0.2, 0) is 0 Å². The number of halogens is 1. The lowest BCUT2D eigenvalue weighted by Gasteiger charge is -2.26. The lowest BCUT2D eigenvalue weighted by Crippen LogP contribution is -2.40. The fraction of sp³-hybridized carbons (Fsp3) is 0.500. The number of nitrogens with two attached hydrogens (primary N) is 2. The van der Waals surface area contributed by atoms with Gasteiger partial charge in [-0.3, -0.25) is 9.59 Å². The molecule has 1 aliphatic carbocycles. The second-order valence-electron chi connectivity index (χ2n) is 4.65. The molecule has 106 valence electrons. The summed E-state index contributed by atoms with van der Waals surface area (Å²) in [7, 11) is 0. The van der Waals surface area contributed by atoms with Crippen molar-refractivity contribution in [1.82, 2.24) is 5.32 Å². The average molecular weight is 304 g/mol. The van der Waals surface area contributed by atoms with Crippen molar-refractivity contribution in [2.24, 2.45) is 11.5 Å². The Morgan fingerprint density at radius 3 is 2.42 bits per heavy atom. The third kappa shape index (κ3) is 4.19. The first kappa shape index (κ1) is 15.9. The number of hydrogen-bond donors (Lipinski definition) is 3. The highest BCUT2D eigenvalue weighted by Gasteiger charge is 2.21. The Morgan fingerprint density at radius 1 is 1.26 bits per heavy atom. The van der Waals surface area contributed by atoms with Crippen LogP contribution in [0.4, 0.5) is 0 Å². The first-order chi connectivity index (χ1) is 8.56.